The van der Waals surface area contributed by atoms with Gasteiger partial charge in [0.15, 0.2) is 0 Å². The number of amides is 2. The SMILES string of the molecule is CC(=O)[C@H]1[C@H](c2ccc(OCc3ccccc3)cc2)NC(=O)N[C@]1(O)C(F)(F)F. The highest BCUT2D eigenvalue weighted by molar-refractivity contribution is 5.86. The lowest BCUT2D eigenvalue weighted by Crippen LogP contribution is -2.72. The van der Waals surface area contributed by atoms with E-state index >= 15 is 0 Å². The summed E-state index contributed by atoms with van der Waals surface area (Å²) in [5.41, 5.74) is -2.50. The number of ketones is 1. The van der Waals surface area contributed by atoms with Crippen molar-refractivity contribution in [3.63, 3.8) is 0 Å². The van der Waals surface area contributed by atoms with E-state index in [0.717, 1.165) is 12.5 Å². The summed E-state index contributed by atoms with van der Waals surface area (Å²) in [7, 11) is 0. The first-order chi connectivity index (χ1) is 13.6. The minimum atomic E-state index is -5.24. The summed E-state index contributed by atoms with van der Waals surface area (Å²) in [6, 6.07) is 12.7. The fourth-order valence-electron chi connectivity index (χ4n) is 3.32. The van der Waals surface area contributed by atoms with Crippen LogP contribution in [-0.2, 0) is 11.4 Å². The largest absolute Gasteiger partial charge is 0.489 e. The van der Waals surface area contributed by atoms with Gasteiger partial charge in [-0.2, -0.15) is 13.2 Å². The lowest BCUT2D eigenvalue weighted by molar-refractivity contribution is -0.290. The molecule has 3 atom stereocenters. The molecule has 0 spiro atoms. The van der Waals surface area contributed by atoms with E-state index < -0.39 is 35.7 Å². The highest BCUT2D eigenvalue weighted by Gasteiger charge is 2.65. The second kappa shape index (κ2) is 7.75. The van der Waals surface area contributed by atoms with Gasteiger partial charge < -0.3 is 20.5 Å². The molecule has 29 heavy (non-hydrogen) atoms. The molecule has 2 aromatic carbocycles. The van der Waals surface area contributed by atoms with Crippen molar-refractivity contribution in [1.82, 2.24) is 10.6 Å². The summed E-state index contributed by atoms with van der Waals surface area (Å²) >= 11 is 0. The number of hydrogen-bond acceptors (Lipinski definition) is 4. The van der Waals surface area contributed by atoms with Crippen LogP contribution in [0.3, 0.4) is 0 Å². The number of alkyl halides is 3. The van der Waals surface area contributed by atoms with Crippen LogP contribution in [0.25, 0.3) is 0 Å². The molecular formula is C20H19F3N2O4. The Morgan fingerprint density at radius 2 is 1.76 bits per heavy atom. The molecule has 3 N–H and O–H groups in total. The normalized spacial score (nSPS) is 24.4. The number of aliphatic hydroxyl groups is 1. The first-order valence-corrected chi connectivity index (χ1v) is 8.77. The van der Waals surface area contributed by atoms with Crippen molar-refractivity contribution in [2.24, 2.45) is 5.92 Å². The first-order valence-electron chi connectivity index (χ1n) is 8.77. The summed E-state index contributed by atoms with van der Waals surface area (Å²) in [5.74, 6) is -2.42. The number of carbonyl (C=O) groups is 2. The topological polar surface area (TPSA) is 87.7 Å². The average molecular weight is 408 g/mol. The Morgan fingerprint density at radius 3 is 2.31 bits per heavy atom. The second-order valence-electron chi connectivity index (χ2n) is 6.77. The standard InChI is InChI=1S/C20H19F3N2O4/c1-12(26)16-17(24-18(27)25-19(16,28)20(21,22)23)14-7-9-15(10-8-14)29-11-13-5-3-2-4-6-13/h2-10,16-17,28H,11H2,1H3,(H2,24,25,27)/t16-,17-,19+/m0/s1. The third-order valence-electron chi connectivity index (χ3n) is 4.73. The molecule has 0 bridgehead atoms. The molecule has 2 amide bonds. The van der Waals surface area contributed by atoms with Gasteiger partial charge in [0.05, 0.1) is 12.0 Å². The quantitative estimate of drug-likeness (QED) is 0.710. The highest BCUT2D eigenvalue weighted by Crippen LogP contribution is 2.43. The molecule has 154 valence electrons. The predicted molar refractivity (Wildman–Crippen MR) is 96.8 cm³/mol. The zero-order chi connectivity index (χ0) is 21.2. The first kappa shape index (κ1) is 20.7. The maximum Gasteiger partial charge on any atom is 0.437 e. The summed E-state index contributed by atoms with van der Waals surface area (Å²) < 4.78 is 46.0. The summed E-state index contributed by atoms with van der Waals surface area (Å²) in [5, 5.41) is 13.9. The van der Waals surface area contributed by atoms with Crippen molar-refractivity contribution in [2.75, 3.05) is 0 Å². The fourth-order valence-corrected chi connectivity index (χ4v) is 3.32. The van der Waals surface area contributed by atoms with Gasteiger partial charge in [-0.1, -0.05) is 42.5 Å². The Hall–Kier alpha value is -3.07. The van der Waals surface area contributed by atoms with Gasteiger partial charge in [0.1, 0.15) is 18.1 Å². The summed E-state index contributed by atoms with van der Waals surface area (Å²) in [6.07, 6.45) is -5.24. The summed E-state index contributed by atoms with van der Waals surface area (Å²) in [4.78, 5) is 23.8. The van der Waals surface area contributed by atoms with Crippen molar-refractivity contribution in [2.45, 2.75) is 31.5 Å². The van der Waals surface area contributed by atoms with Crippen LogP contribution >= 0.6 is 0 Å². The maximum absolute atomic E-state index is 13.5. The van der Waals surface area contributed by atoms with E-state index in [1.165, 1.54) is 29.6 Å². The number of urea groups is 1. The molecule has 6 nitrogen and oxygen atoms in total. The predicted octanol–water partition coefficient (Wildman–Crippen LogP) is 3.08. The van der Waals surface area contributed by atoms with Crippen molar-refractivity contribution in [3.05, 3.63) is 65.7 Å². The number of rotatable bonds is 5. The number of nitrogens with one attached hydrogen (secondary N) is 2. The molecule has 2 aromatic rings. The average Bonchev–Trinajstić information content (AvgIpc) is 2.66. The Labute approximate surface area is 164 Å². The van der Waals surface area contributed by atoms with Gasteiger partial charge in [-0.25, -0.2) is 4.79 Å². The van der Waals surface area contributed by atoms with Gasteiger partial charge in [-0.15, -0.1) is 0 Å². The zero-order valence-electron chi connectivity index (χ0n) is 15.4. The Kier molecular flexibility index (Phi) is 5.52. The molecule has 1 aliphatic heterocycles. The third-order valence-corrected chi connectivity index (χ3v) is 4.73. The van der Waals surface area contributed by atoms with E-state index in [0.29, 0.717) is 12.4 Å². The van der Waals surface area contributed by atoms with Crippen molar-refractivity contribution in [1.29, 1.82) is 0 Å². The third kappa shape index (κ3) is 4.19. The minimum absolute atomic E-state index is 0.231. The number of hydrogen-bond donors (Lipinski definition) is 3. The second-order valence-corrected chi connectivity index (χ2v) is 6.77. The van der Waals surface area contributed by atoms with Crippen molar-refractivity contribution in [3.8, 4) is 5.75 Å². The van der Waals surface area contributed by atoms with E-state index in [9.17, 15) is 27.9 Å². The van der Waals surface area contributed by atoms with Gasteiger partial charge in [0.2, 0.25) is 5.72 Å². The van der Waals surface area contributed by atoms with Crippen LogP contribution < -0.4 is 15.4 Å². The molecule has 0 unspecified atom stereocenters. The number of halogens is 3. The molecular weight excluding hydrogens is 389 g/mol. The number of carbonyl (C=O) groups excluding carboxylic acids is 2. The number of ether oxygens (including phenoxy) is 1. The van der Waals surface area contributed by atoms with Gasteiger partial charge in [-0.05, 0) is 30.2 Å². The van der Waals surface area contributed by atoms with E-state index in [2.05, 4.69) is 5.32 Å². The molecule has 1 aliphatic rings. The van der Waals surface area contributed by atoms with Gasteiger partial charge in [0.25, 0.3) is 0 Å². The van der Waals surface area contributed by atoms with E-state index in [1.54, 1.807) is 0 Å². The summed E-state index contributed by atoms with van der Waals surface area (Å²) in [6.45, 7) is 1.24. The lowest BCUT2D eigenvalue weighted by atomic mass is 9.79. The molecule has 0 aliphatic carbocycles. The van der Waals surface area contributed by atoms with Gasteiger partial charge >= 0.3 is 12.2 Å². The van der Waals surface area contributed by atoms with E-state index in [4.69, 9.17) is 4.74 Å². The molecule has 1 saturated heterocycles. The Balaban J connectivity index is 1.84. The molecule has 1 heterocycles. The van der Waals surface area contributed by atoms with Crippen LogP contribution in [0.15, 0.2) is 54.6 Å². The van der Waals surface area contributed by atoms with Crippen LogP contribution in [0.2, 0.25) is 0 Å². The maximum atomic E-state index is 13.5. The molecule has 0 saturated carbocycles. The Morgan fingerprint density at radius 1 is 1.14 bits per heavy atom. The molecule has 1 fully saturated rings. The zero-order valence-corrected chi connectivity index (χ0v) is 15.4. The van der Waals surface area contributed by atoms with Crippen LogP contribution in [0.5, 0.6) is 5.75 Å². The van der Waals surface area contributed by atoms with Crippen LogP contribution in [0, 0.1) is 5.92 Å². The smallest absolute Gasteiger partial charge is 0.437 e. The monoisotopic (exact) mass is 408 g/mol. The molecule has 3 rings (SSSR count). The highest BCUT2D eigenvalue weighted by atomic mass is 19.4. The molecule has 0 radical (unpaired) electrons. The lowest BCUT2D eigenvalue weighted by Gasteiger charge is -2.44. The van der Waals surface area contributed by atoms with Gasteiger partial charge in [0, 0.05) is 0 Å². The fraction of sp³-hybridized carbons (Fsp3) is 0.300. The van der Waals surface area contributed by atoms with E-state index in [-0.39, 0.29) is 5.56 Å². The Bertz CT molecular complexity index is 887. The minimum Gasteiger partial charge on any atom is -0.489 e. The van der Waals surface area contributed by atoms with Crippen molar-refractivity contribution >= 4 is 11.8 Å². The van der Waals surface area contributed by atoms with Crippen LogP contribution in [0.1, 0.15) is 24.1 Å². The number of Topliss-reactive ketones (excluding diaryl/α,β-unsaturated/α-hetero) is 1. The van der Waals surface area contributed by atoms with Crippen molar-refractivity contribution < 1.29 is 32.6 Å². The van der Waals surface area contributed by atoms with Gasteiger partial charge in [-0.3, -0.25) is 4.79 Å². The van der Waals surface area contributed by atoms with E-state index in [1.807, 2.05) is 30.3 Å². The molecule has 9 heteroatoms. The number of benzene rings is 2. The van der Waals surface area contributed by atoms with Crippen LogP contribution in [-0.4, -0.2) is 28.8 Å². The molecule has 0 aromatic heterocycles. The van der Waals surface area contributed by atoms with Crippen LogP contribution in [0.4, 0.5) is 18.0 Å².